The smallest absolute Gasteiger partial charge is 0.0405 e. The van der Waals surface area contributed by atoms with E-state index in [4.69, 9.17) is 0 Å². The van der Waals surface area contributed by atoms with Gasteiger partial charge in [-0.2, -0.15) is 0 Å². The fraction of sp³-hybridized carbons (Fsp3) is 0.571. The van der Waals surface area contributed by atoms with Gasteiger partial charge in [0.25, 0.3) is 0 Å². The first-order chi connectivity index (χ1) is 7.43. The fourth-order valence-corrected chi connectivity index (χ4v) is 1.89. The quantitative estimate of drug-likeness (QED) is 0.839. The molecule has 1 rings (SSSR count). The van der Waals surface area contributed by atoms with Crippen LogP contribution in [0.25, 0.3) is 0 Å². The minimum atomic E-state index is 0.998. The van der Waals surface area contributed by atoms with Crippen LogP contribution in [0.4, 0.5) is 5.69 Å². The molecule has 1 aromatic carbocycles. The second kappa shape index (κ2) is 5.35. The monoisotopic (exact) mass is 220 g/mol. The van der Waals surface area contributed by atoms with Crippen molar-refractivity contribution in [3.05, 3.63) is 28.3 Å². The van der Waals surface area contributed by atoms with Gasteiger partial charge >= 0.3 is 0 Å². The molecule has 0 spiro atoms. The highest BCUT2D eigenvalue weighted by Crippen LogP contribution is 2.26. The van der Waals surface area contributed by atoms with Crippen LogP contribution in [-0.4, -0.2) is 32.1 Å². The number of nitrogens with one attached hydrogen (secondary N) is 1. The summed E-state index contributed by atoms with van der Waals surface area (Å²) in [5.74, 6) is 0. The van der Waals surface area contributed by atoms with Gasteiger partial charge in [-0.1, -0.05) is 6.07 Å². The van der Waals surface area contributed by atoms with E-state index in [9.17, 15) is 0 Å². The molecule has 0 heterocycles. The van der Waals surface area contributed by atoms with Crippen molar-refractivity contribution in [1.29, 1.82) is 0 Å². The molecule has 1 N–H and O–H groups in total. The Bertz CT molecular complexity index is 341. The minimum absolute atomic E-state index is 0.998. The van der Waals surface area contributed by atoms with Gasteiger partial charge in [0.2, 0.25) is 0 Å². The van der Waals surface area contributed by atoms with Crippen LogP contribution >= 0.6 is 0 Å². The third-order valence-electron chi connectivity index (χ3n) is 3.23. The van der Waals surface area contributed by atoms with Crippen molar-refractivity contribution in [1.82, 2.24) is 4.90 Å². The molecular weight excluding hydrogens is 196 g/mol. The van der Waals surface area contributed by atoms with Gasteiger partial charge in [-0.25, -0.2) is 0 Å². The Hall–Kier alpha value is -1.02. The first kappa shape index (κ1) is 13.0. The van der Waals surface area contributed by atoms with Crippen LogP contribution in [-0.2, 0) is 0 Å². The maximum atomic E-state index is 3.55. The first-order valence-corrected chi connectivity index (χ1v) is 5.89. The number of hydrogen-bond donors (Lipinski definition) is 1. The van der Waals surface area contributed by atoms with Crippen molar-refractivity contribution in [2.45, 2.75) is 27.7 Å². The van der Waals surface area contributed by atoms with Crippen molar-refractivity contribution < 1.29 is 0 Å². The molecule has 2 nitrogen and oxygen atoms in total. The lowest BCUT2D eigenvalue weighted by Crippen LogP contribution is -2.21. The average Bonchev–Trinajstić information content (AvgIpc) is 2.20. The molecule has 0 atom stereocenters. The average molecular weight is 220 g/mol. The highest BCUT2D eigenvalue weighted by atomic mass is 15.1. The summed E-state index contributed by atoms with van der Waals surface area (Å²) in [6, 6.07) is 2.27. The first-order valence-electron chi connectivity index (χ1n) is 5.89. The lowest BCUT2D eigenvalue weighted by atomic mass is 9.99. The van der Waals surface area contributed by atoms with Crippen LogP contribution in [0.15, 0.2) is 6.07 Å². The Morgan fingerprint density at radius 2 is 1.50 bits per heavy atom. The maximum absolute atomic E-state index is 3.55. The molecule has 0 radical (unpaired) electrons. The number of aryl methyl sites for hydroxylation is 2. The third kappa shape index (κ3) is 2.99. The lowest BCUT2D eigenvalue weighted by Gasteiger charge is -2.18. The highest BCUT2D eigenvalue weighted by Gasteiger charge is 2.07. The van der Waals surface area contributed by atoms with E-state index in [0.29, 0.717) is 0 Å². The number of hydrogen-bond acceptors (Lipinski definition) is 2. The Morgan fingerprint density at radius 3 is 1.94 bits per heavy atom. The van der Waals surface area contributed by atoms with Gasteiger partial charge in [-0.15, -0.1) is 0 Å². The predicted molar refractivity (Wildman–Crippen MR) is 72.4 cm³/mol. The molecule has 0 aliphatic rings. The number of benzene rings is 1. The zero-order chi connectivity index (χ0) is 12.3. The molecule has 0 aliphatic heterocycles. The Balaban J connectivity index is 2.86. The molecule has 0 saturated carbocycles. The summed E-state index contributed by atoms with van der Waals surface area (Å²) >= 11 is 0. The lowest BCUT2D eigenvalue weighted by molar-refractivity contribution is 0.425. The summed E-state index contributed by atoms with van der Waals surface area (Å²) in [4.78, 5) is 2.19. The number of anilines is 1. The highest BCUT2D eigenvalue weighted by molar-refractivity contribution is 5.62. The summed E-state index contributed by atoms with van der Waals surface area (Å²) in [7, 11) is 4.20. The largest absolute Gasteiger partial charge is 0.383 e. The zero-order valence-corrected chi connectivity index (χ0v) is 11.4. The molecule has 0 aliphatic carbocycles. The van der Waals surface area contributed by atoms with E-state index in [-0.39, 0.29) is 0 Å². The van der Waals surface area contributed by atoms with Gasteiger partial charge in [-0.05, 0) is 64.0 Å². The number of rotatable bonds is 4. The fourth-order valence-electron chi connectivity index (χ4n) is 1.89. The van der Waals surface area contributed by atoms with Crippen LogP contribution in [0.5, 0.6) is 0 Å². The molecule has 0 unspecified atom stereocenters. The molecule has 0 aromatic heterocycles. The predicted octanol–water partition coefficient (Wildman–Crippen LogP) is 2.89. The van der Waals surface area contributed by atoms with E-state index in [1.54, 1.807) is 0 Å². The van der Waals surface area contributed by atoms with Gasteiger partial charge in [0.05, 0.1) is 0 Å². The molecule has 0 fully saturated rings. The van der Waals surface area contributed by atoms with Gasteiger partial charge in [0.15, 0.2) is 0 Å². The summed E-state index contributed by atoms with van der Waals surface area (Å²) in [5.41, 5.74) is 6.81. The maximum Gasteiger partial charge on any atom is 0.0405 e. The van der Waals surface area contributed by atoms with E-state index >= 15 is 0 Å². The van der Waals surface area contributed by atoms with Crippen molar-refractivity contribution in [3.8, 4) is 0 Å². The third-order valence-corrected chi connectivity index (χ3v) is 3.23. The van der Waals surface area contributed by atoms with Crippen LogP contribution in [0, 0.1) is 27.7 Å². The Kier molecular flexibility index (Phi) is 4.36. The van der Waals surface area contributed by atoms with Gasteiger partial charge in [0.1, 0.15) is 0 Å². The van der Waals surface area contributed by atoms with Crippen molar-refractivity contribution in [2.24, 2.45) is 0 Å². The normalized spacial score (nSPS) is 10.9. The summed E-state index contributed by atoms with van der Waals surface area (Å²) in [5, 5.41) is 3.55. The van der Waals surface area contributed by atoms with Gasteiger partial charge in [0, 0.05) is 18.8 Å². The number of nitrogens with zero attached hydrogens (tertiary/aromatic N) is 1. The Morgan fingerprint density at radius 1 is 1.00 bits per heavy atom. The molecular formula is C14H24N2. The van der Waals surface area contributed by atoms with Gasteiger partial charge in [-0.3, -0.25) is 0 Å². The van der Waals surface area contributed by atoms with E-state index in [1.807, 2.05) is 0 Å². The second-order valence-corrected chi connectivity index (χ2v) is 4.87. The van der Waals surface area contributed by atoms with Gasteiger partial charge < -0.3 is 10.2 Å². The van der Waals surface area contributed by atoms with E-state index in [2.05, 4.69) is 58.1 Å². The molecule has 1 aromatic rings. The standard InChI is InChI=1S/C14H24N2/c1-10-9-11(2)13(4)14(12(10)3)15-7-8-16(5)6/h9,15H,7-8H2,1-6H3. The minimum Gasteiger partial charge on any atom is -0.383 e. The molecule has 0 amide bonds. The van der Waals surface area contributed by atoms with Crippen LogP contribution in [0.3, 0.4) is 0 Å². The van der Waals surface area contributed by atoms with Crippen molar-refractivity contribution >= 4 is 5.69 Å². The molecule has 16 heavy (non-hydrogen) atoms. The molecule has 90 valence electrons. The van der Waals surface area contributed by atoms with Crippen LogP contribution in [0.2, 0.25) is 0 Å². The van der Waals surface area contributed by atoms with Crippen LogP contribution in [0.1, 0.15) is 22.3 Å². The molecule has 2 heteroatoms. The van der Waals surface area contributed by atoms with E-state index in [1.165, 1.54) is 27.9 Å². The zero-order valence-electron chi connectivity index (χ0n) is 11.4. The summed E-state index contributed by atoms with van der Waals surface area (Å²) < 4.78 is 0. The van der Waals surface area contributed by atoms with Crippen LogP contribution < -0.4 is 5.32 Å². The van der Waals surface area contributed by atoms with E-state index < -0.39 is 0 Å². The topological polar surface area (TPSA) is 15.3 Å². The number of likely N-dealkylation sites (N-methyl/N-ethyl adjacent to an activating group) is 1. The molecule has 0 bridgehead atoms. The Labute approximate surface area is 99.7 Å². The second-order valence-electron chi connectivity index (χ2n) is 4.87. The van der Waals surface area contributed by atoms with Crippen molar-refractivity contribution in [3.63, 3.8) is 0 Å². The summed E-state index contributed by atoms with van der Waals surface area (Å²) in [6.07, 6.45) is 0. The summed E-state index contributed by atoms with van der Waals surface area (Å²) in [6.45, 7) is 10.8. The molecule has 0 saturated heterocycles. The van der Waals surface area contributed by atoms with Crippen molar-refractivity contribution in [2.75, 3.05) is 32.5 Å². The SMILES string of the molecule is Cc1cc(C)c(C)c(NCCN(C)C)c1C. The van der Waals surface area contributed by atoms with E-state index in [0.717, 1.165) is 13.1 Å².